The second-order valence-electron chi connectivity index (χ2n) is 2.98. The van der Waals surface area contributed by atoms with Crippen molar-refractivity contribution >= 4 is 11.9 Å². The van der Waals surface area contributed by atoms with Crippen LogP contribution >= 0.6 is 0 Å². The van der Waals surface area contributed by atoms with Crippen LogP contribution in [0.3, 0.4) is 0 Å². The Bertz CT molecular complexity index is 296. The lowest BCUT2D eigenvalue weighted by molar-refractivity contribution is -0.160. The number of aliphatic carboxylic acids is 1. The number of aliphatic hydroxyl groups is 1. The van der Waals surface area contributed by atoms with E-state index in [1.807, 2.05) is 36.4 Å². The third-order valence-electron chi connectivity index (χ3n) is 1.72. The third-order valence-corrected chi connectivity index (χ3v) is 1.72. The van der Waals surface area contributed by atoms with Gasteiger partial charge in [-0.25, -0.2) is 0 Å². The molecular weight excluding hydrogens is 224 g/mol. The minimum Gasteiger partial charge on any atom is -0.481 e. The summed E-state index contributed by atoms with van der Waals surface area (Å²) in [5.74, 6) is -3.72. The molecule has 5 heteroatoms. The molecule has 1 unspecified atom stereocenters. The minimum atomic E-state index is -1.45. The summed E-state index contributed by atoms with van der Waals surface area (Å²) in [6.45, 7) is 0.949. The van der Waals surface area contributed by atoms with E-state index in [2.05, 4.69) is 4.74 Å². The lowest BCUT2D eigenvalue weighted by Crippen LogP contribution is -2.28. The highest BCUT2D eigenvalue weighted by molar-refractivity contribution is 5.94. The van der Waals surface area contributed by atoms with Crippen molar-refractivity contribution in [2.24, 2.45) is 5.92 Å². The SMILES string of the molecule is CCOC(=O)C(CO)C(=O)O.c1ccccc1. The number of ether oxygens (including phenoxy) is 1. The summed E-state index contributed by atoms with van der Waals surface area (Å²) in [7, 11) is 0. The minimum absolute atomic E-state index is 0.114. The van der Waals surface area contributed by atoms with Crippen LogP contribution in [0.25, 0.3) is 0 Å². The molecule has 0 spiro atoms. The monoisotopic (exact) mass is 240 g/mol. The van der Waals surface area contributed by atoms with Crippen molar-refractivity contribution in [2.75, 3.05) is 13.2 Å². The highest BCUT2D eigenvalue weighted by Gasteiger charge is 2.26. The molecule has 0 aromatic heterocycles. The molecule has 1 atom stereocenters. The Morgan fingerprint density at radius 3 is 1.76 bits per heavy atom. The molecule has 0 aliphatic carbocycles. The lowest BCUT2D eigenvalue weighted by Gasteiger charge is -2.06. The number of rotatable bonds is 4. The molecule has 5 nitrogen and oxygen atoms in total. The molecule has 0 aliphatic heterocycles. The van der Waals surface area contributed by atoms with Crippen LogP contribution in [0, 0.1) is 5.92 Å². The lowest BCUT2D eigenvalue weighted by atomic mass is 10.2. The Kier molecular flexibility index (Phi) is 8.32. The van der Waals surface area contributed by atoms with Gasteiger partial charge in [-0.1, -0.05) is 36.4 Å². The first-order valence-electron chi connectivity index (χ1n) is 5.13. The fraction of sp³-hybridized carbons (Fsp3) is 0.333. The first-order chi connectivity index (χ1) is 8.13. The van der Waals surface area contributed by atoms with Gasteiger partial charge < -0.3 is 14.9 Å². The third kappa shape index (κ3) is 7.08. The van der Waals surface area contributed by atoms with Crippen molar-refractivity contribution in [1.29, 1.82) is 0 Å². The van der Waals surface area contributed by atoms with E-state index in [0.29, 0.717) is 0 Å². The van der Waals surface area contributed by atoms with Gasteiger partial charge in [0, 0.05) is 0 Å². The summed E-state index contributed by atoms with van der Waals surface area (Å²) in [5.41, 5.74) is 0. The molecule has 0 saturated heterocycles. The Balaban J connectivity index is 0.000000354. The molecule has 17 heavy (non-hydrogen) atoms. The molecule has 1 aromatic rings. The average Bonchev–Trinajstić information content (AvgIpc) is 2.33. The van der Waals surface area contributed by atoms with Crippen molar-refractivity contribution in [2.45, 2.75) is 6.92 Å². The van der Waals surface area contributed by atoms with Gasteiger partial charge in [-0.15, -0.1) is 0 Å². The van der Waals surface area contributed by atoms with Gasteiger partial charge in [0.1, 0.15) is 0 Å². The summed E-state index contributed by atoms with van der Waals surface area (Å²) < 4.78 is 4.38. The van der Waals surface area contributed by atoms with Crippen molar-refractivity contribution in [3.05, 3.63) is 36.4 Å². The maximum absolute atomic E-state index is 10.7. The molecule has 2 N–H and O–H groups in total. The number of carbonyl (C=O) groups is 2. The number of hydrogen-bond donors (Lipinski definition) is 2. The van der Waals surface area contributed by atoms with Gasteiger partial charge in [0.2, 0.25) is 0 Å². The van der Waals surface area contributed by atoms with Crippen molar-refractivity contribution < 1.29 is 24.5 Å². The average molecular weight is 240 g/mol. The van der Waals surface area contributed by atoms with Gasteiger partial charge in [-0.3, -0.25) is 9.59 Å². The largest absolute Gasteiger partial charge is 0.481 e. The number of carbonyl (C=O) groups excluding carboxylic acids is 1. The van der Waals surface area contributed by atoms with Gasteiger partial charge in [0.15, 0.2) is 5.92 Å². The maximum atomic E-state index is 10.7. The van der Waals surface area contributed by atoms with Crippen LogP contribution in [0.15, 0.2) is 36.4 Å². The van der Waals surface area contributed by atoms with Crippen LogP contribution in [0.5, 0.6) is 0 Å². The molecule has 0 radical (unpaired) electrons. The van der Waals surface area contributed by atoms with Crippen molar-refractivity contribution in [3.8, 4) is 0 Å². The topological polar surface area (TPSA) is 83.8 Å². The number of aliphatic hydroxyl groups excluding tert-OH is 1. The Morgan fingerprint density at radius 2 is 1.53 bits per heavy atom. The summed E-state index contributed by atoms with van der Waals surface area (Å²) in [5, 5.41) is 16.7. The summed E-state index contributed by atoms with van der Waals surface area (Å²) in [6, 6.07) is 12.0. The zero-order chi connectivity index (χ0) is 13.1. The van der Waals surface area contributed by atoms with Crippen LogP contribution < -0.4 is 0 Å². The van der Waals surface area contributed by atoms with E-state index in [1.165, 1.54) is 0 Å². The van der Waals surface area contributed by atoms with Crippen LogP contribution in [0.1, 0.15) is 6.92 Å². The molecule has 0 amide bonds. The van der Waals surface area contributed by atoms with E-state index in [0.717, 1.165) is 0 Å². The van der Waals surface area contributed by atoms with E-state index in [9.17, 15) is 9.59 Å². The highest BCUT2D eigenvalue weighted by atomic mass is 16.5. The van der Waals surface area contributed by atoms with Crippen molar-refractivity contribution in [3.63, 3.8) is 0 Å². The van der Waals surface area contributed by atoms with E-state index < -0.39 is 24.5 Å². The molecule has 0 saturated carbocycles. The van der Waals surface area contributed by atoms with Gasteiger partial charge in [0.25, 0.3) is 0 Å². The van der Waals surface area contributed by atoms with Crippen LogP contribution in [-0.2, 0) is 14.3 Å². The molecule has 0 fully saturated rings. The van der Waals surface area contributed by atoms with Crippen LogP contribution in [0.2, 0.25) is 0 Å². The zero-order valence-electron chi connectivity index (χ0n) is 9.57. The highest BCUT2D eigenvalue weighted by Crippen LogP contribution is 1.98. The van der Waals surface area contributed by atoms with Crippen molar-refractivity contribution in [1.82, 2.24) is 0 Å². The first-order valence-corrected chi connectivity index (χ1v) is 5.13. The van der Waals surface area contributed by atoms with E-state index in [1.54, 1.807) is 6.92 Å². The number of esters is 1. The standard InChI is InChI=1S/C6H10O5.C6H6/c1-2-11-6(10)4(3-7)5(8)9;1-2-4-6-5-3-1/h4,7H,2-3H2,1H3,(H,8,9);1-6H. The predicted octanol–water partition coefficient (Wildman–Crippen LogP) is 0.929. The molecular formula is C12H16O5. The normalized spacial score (nSPS) is 10.7. The quantitative estimate of drug-likeness (QED) is 0.604. The second kappa shape index (κ2) is 9.35. The molecule has 0 heterocycles. The molecule has 0 aliphatic rings. The van der Waals surface area contributed by atoms with Gasteiger partial charge in [-0.2, -0.15) is 0 Å². The molecule has 1 rings (SSSR count). The molecule has 94 valence electrons. The predicted molar refractivity (Wildman–Crippen MR) is 61.3 cm³/mol. The fourth-order valence-corrected chi connectivity index (χ4v) is 0.881. The first kappa shape index (κ1) is 15.1. The Labute approximate surface area is 99.7 Å². The number of carboxylic acids is 1. The molecule has 1 aromatic carbocycles. The van der Waals surface area contributed by atoms with E-state index in [-0.39, 0.29) is 6.61 Å². The smallest absolute Gasteiger partial charge is 0.322 e. The fourth-order valence-electron chi connectivity index (χ4n) is 0.881. The second-order valence-corrected chi connectivity index (χ2v) is 2.98. The number of carboxylic acid groups (broad SMARTS) is 1. The van der Waals surface area contributed by atoms with Gasteiger partial charge in [-0.05, 0) is 6.92 Å². The van der Waals surface area contributed by atoms with Crippen LogP contribution in [0.4, 0.5) is 0 Å². The Hall–Kier alpha value is -1.88. The Morgan fingerprint density at radius 1 is 1.12 bits per heavy atom. The van der Waals surface area contributed by atoms with Gasteiger partial charge in [0.05, 0.1) is 13.2 Å². The van der Waals surface area contributed by atoms with E-state index >= 15 is 0 Å². The summed E-state index contributed by atoms with van der Waals surface area (Å²) in [6.07, 6.45) is 0. The maximum Gasteiger partial charge on any atom is 0.322 e. The number of hydrogen-bond acceptors (Lipinski definition) is 4. The summed E-state index contributed by atoms with van der Waals surface area (Å²) in [4.78, 5) is 20.8. The zero-order valence-corrected chi connectivity index (χ0v) is 9.57. The number of benzene rings is 1. The molecule has 0 bridgehead atoms. The van der Waals surface area contributed by atoms with E-state index in [4.69, 9.17) is 10.2 Å². The van der Waals surface area contributed by atoms with Gasteiger partial charge >= 0.3 is 11.9 Å². The van der Waals surface area contributed by atoms with Crippen LogP contribution in [-0.4, -0.2) is 35.4 Å². The summed E-state index contributed by atoms with van der Waals surface area (Å²) >= 11 is 0.